The van der Waals surface area contributed by atoms with Crippen LogP contribution in [0.5, 0.6) is 0 Å². The average Bonchev–Trinajstić information content (AvgIpc) is 3.07. The second-order valence-corrected chi connectivity index (χ2v) is 5.37. The fourth-order valence-electron chi connectivity index (χ4n) is 1.84. The lowest BCUT2D eigenvalue weighted by atomic mass is 10.2. The zero-order chi connectivity index (χ0) is 13.9. The second-order valence-electron chi connectivity index (χ2n) is 4.34. The van der Waals surface area contributed by atoms with Crippen molar-refractivity contribution >= 4 is 32.7 Å². The number of anilines is 1. The summed E-state index contributed by atoms with van der Waals surface area (Å²) in [5.41, 5.74) is 1.81. The molecule has 0 saturated carbocycles. The lowest BCUT2D eigenvalue weighted by Gasteiger charge is -2.11. The molecule has 0 aliphatic rings. The number of amides is 2. The van der Waals surface area contributed by atoms with Crippen LogP contribution >= 0.6 is 11.3 Å². The number of aromatic amines is 1. The van der Waals surface area contributed by atoms with Crippen molar-refractivity contribution in [2.45, 2.75) is 13.0 Å². The van der Waals surface area contributed by atoms with Gasteiger partial charge in [-0.05, 0) is 19.1 Å². The maximum atomic E-state index is 11.9. The normalized spacial score (nSPS) is 12.2. The van der Waals surface area contributed by atoms with Crippen LogP contribution in [-0.4, -0.2) is 21.2 Å². The largest absolute Gasteiger partial charge is 0.331 e. The van der Waals surface area contributed by atoms with Crippen LogP contribution in [0, 0.1) is 0 Å². The van der Waals surface area contributed by atoms with Gasteiger partial charge < -0.3 is 5.32 Å². The molecule has 1 atom stereocenters. The summed E-state index contributed by atoms with van der Waals surface area (Å²) in [6, 6.07) is 7.37. The van der Waals surface area contributed by atoms with E-state index >= 15 is 0 Å². The smallest absolute Gasteiger partial charge is 0.321 e. The van der Waals surface area contributed by atoms with Crippen LogP contribution in [0.2, 0.25) is 0 Å². The van der Waals surface area contributed by atoms with Crippen LogP contribution in [0.15, 0.2) is 36.7 Å². The molecule has 0 saturated heterocycles. The van der Waals surface area contributed by atoms with E-state index in [-0.39, 0.29) is 12.1 Å². The van der Waals surface area contributed by atoms with Gasteiger partial charge in [-0.15, -0.1) is 0 Å². The van der Waals surface area contributed by atoms with Crippen molar-refractivity contribution < 1.29 is 4.79 Å². The number of rotatable bonds is 3. The molecule has 2 amide bonds. The quantitative estimate of drug-likeness (QED) is 0.692. The number of nitrogens with one attached hydrogen (secondary N) is 3. The maximum absolute atomic E-state index is 11.9. The molecule has 0 aliphatic carbocycles. The highest BCUT2D eigenvalue weighted by Gasteiger charge is 2.12. The number of carbonyl (C=O) groups excluding carboxylic acids is 1. The van der Waals surface area contributed by atoms with E-state index in [1.165, 1.54) is 11.3 Å². The molecule has 6 nitrogen and oxygen atoms in total. The van der Waals surface area contributed by atoms with Crippen LogP contribution in [-0.2, 0) is 0 Å². The van der Waals surface area contributed by atoms with Gasteiger partial charge in [0.2, 0.25) is 0 Å². The average molecular weight is 287 g/mol. The first kappa shape index (κ1) is 12.6. The molecule has 0 bridgehead atoms. The van der Waals surface area contributed by atoms with Gasteiger partial charge in [-0.3, -0.25) is 10.4 Å². The van der Waals surface area contributed by atoms with Crippen LogP contribution in [0.4, 0.5) is 9.93 Å². The van der Waals surface area contributed by atoms with E-state index in [2.05, 4.69) is 25.8 Å². The predicted molar refractivity (Wildman–Crippen MR) is 78.8 cm³/mol. The number of nitrogens with zero attached hydrogens (tertiary/aromatic N) is 2. The Labute approximate surface area is 119 Å². The van der Waals surface area contributed by atoms with Gasteiger partial charge in [0.25, 0.3) is 0 Å². The Balaban J connectivity index is 1.66. The SMILES string of the molecule is C[C@@H](NC(=O)Nc1nc2ccccc2s1)c1cn[nH]c1. The first-order valence-electron chi connectivity index (χ1n) is 6.14. The van der Waals surface area contributed by atoms with Gasteiger partial charge in [0.15, 0.2) is 5.13 Å². The monoisotopic (exact) mass is 287 g/mol. The number of urea groups is 1. The number of carbonyl (C=O) groups is 1. The highest BCUT2D eigenvalue weighted by Crippen LogP contribution is 2.25. The molecular formula is C13H13N5OS. The number of aromatic nitrogens is 3. The van der Waals surface area contributed by atoms with Gasteiger partial charge >= 0.3 is 6.03 Å². The third-order valence-electron chi connectivity index (χ3n) is 2.88. The van der Waals surface area contributed by atoms with E-state index < -0.39 is 0 Å². The summed E-state index contributed by atoms with van der Waals surface area (Å²) >= 11 is 1.45. The van der Waals surface area contributed by atoms with E-state index in [4.69, 9.17) is 0 Å². The number of H-pyrrole nitrogens is 1. The minimum Gasteiger partial charge on any atom is -0.331 e. The second kappa shape index (κ2) is 5.30. The van der Waals surface area contributed by atoms with Gasteiger partial charge in [-0.25, -0.2) is 9.78 Å². The number of thiazole rings is 1. The van der Waals surface area contributed by atoms with E-state index in [0.29, 0.717) is 5.13 Å². The van der Waals surface area contributed by atoms with Gasteiger partial charge in [0, 0.05) is 11.8 Å². The molecule has 7 heteroatoms. The third-order valence-corrected chi connectivity index (χ3v) is 3.83. The zero-order valence-electron chi connectivity index (χ0n) is 10.8. The topological polar surface area (TPSA) is 82.7 Å². The molecule has 2 aromatic heterocycles. The van der Waals surface area contributed by atoms with Crippen molar-refractivity contribution in [3.8, 4) is 0 Å². The molecule has 0 unspecified atom stereocenters. The summed E-state index contributed by atoms with van der Waals surface area (Å²) in [5, 5.41) is 12.7. The first-order chi connectivity index (χ1) is 9.72. The number of para-hydroxylation sites is 1. The molecule has 0 aliphatic heterocycles. The lowest BCUT2D eigenvalue weighted by molar-refractivity contribution is 0.249. The van der Waals surface area contributed by atoms with Gasteiger partial charge in [-0.1, -0.05) is 23.5 Å². The van der Waals surface area contributed by atoms with Crippen LogP contribution < -0.4 is 10.6 Å². The Morgan fingerprint density at radius 1 is 1.40 bits per heavy atom. The van der Waals surface area contributed by atoms with E-state index in [1.807, 2.05) is 31.2 Å². The number of fused-ring (bicyclic) bond motifs is 1. The highest BCUT2D eigenvalue weighted by atomic mass is 32.1. The Bertz CT molecular complexity index is 688. The molecule has 102 valence electrons. The van der Waals surface area contributed by atoms with Gasteiger partial charge in [0.1, 0.15) is 0 Å². The van der Waals surface area contributed by atoms with Gasteiger partial charge in [0.05, 0.1) is 22.5 Å². The maximum Gasteiger partial charge on any atom is 0.321 e. The molecular weight excluding hydrogens is 274 g/mol. The van der Waals surface area contributed by atoms with Crippen LogP contribution in [0.25, 0.3) is 10.2 Å². The molecule has 0 spiro atoms. The van der Waals surface area contributed by atoms with Crippen molar-refractivity contribution in [2.24, 2.45) is 0 Å². The van der Waals surface area contributed by atoms with Crippen molar-refractivity contribution in [1.82, 2.24) is 20.5 Å². The molecule has 3 aromatic rings. The summed E-state index contributed by atoms with van der Waals surface area (Å²) in [6.07, 6.45) is 3.44. The molecule has 3 rings (SSSR count). The Morgan fingerprint density at radius 3 is 3.00 bits per heavy atom. The molecule has 0 fully saturated rings. The van der Waals surface area contributed by atoms with Crippen molar-refractivity contribution in [3.63, 3.8) is 0 Å². The number of hydrogen-bond donors (Lipinski definition) is 3. The molecule has 1 aromatic carbocycles. The van der Waals surface area contributed by atoms with Gasteiger partial charge in [-0.2, -0.15) is 5.10 Å². The van der Waals surface area contributed by atoms with E-state index in [1.54, 1.807) is 12.4 Å². The van der Waals surface area contributed by atoms with E-state index in [9.17, 15) is 4.79 Å². The fraction of sp³-hybridized carbons (Fsp3) is 0.154. The molecule has 3 N–H and O–H groups in total. The van der Waals surface area contributed by atoms with Crippen molar-refractivity contribution in [2.75, 3.05) is 5.32 Å². The minimum absolute atomic E-state index is 0.122. The molecule has 20 heavy (non-hydrogen) atoms. The summed E-state index contributed by atoms with van der Waals surface area (Å²) in [4.78, 5) is 16.3. The summed E-state index contributed by atoms with van der Waals surface area (Å²) in [6.45, 7) is 1.89. The fourth-order valence-corrected chi connectivity index (χ4v) is 2.70. The zero-order valence-corrected chi connectivity index (χ0v) is 11.6. The molecule has 2 heterocycles. The third kappa shape index (κ3) is 2.62. The Hall–Kier alpha value is -2.41. The Morgan fingerprint density at radius 2 is 2.25 bits per heavy atom. The standard InChI is InChI=1S/C13H13N5OS/c1-8(9-6-14-15-7-9)16-12(19)18-13-17-10-4-2-3-5-11(10)20-13/h2-8H,1H3,(H,14,15)(H2,16,17,18,19)/t8-/m1/s1. The number of benzene rings is 1. The highest BCUT2D eigenvalue weighted by molar-refractivity contribution is 7.22. The molecule has 0 radical (unpaired) electrons. The summed E-state index contributed by atoms with van der Waals surface area (Å²) in [5.74, 6) is 0. The van der Waals surface area contributed by atoms with Crippen LogP contribution in [0.3, 0.4) is 0 Å². The van der Waals surface area contributed by atoms with E-state index in [0.717, 1.165) is 15.8 Å². The van der Waals surface area contributed by atoms with Crippen LogP contribution in [0.1, 0.15) is 18.5 Å². The minimum atomic E-state index is -0.280. The number of hydrogen-bond acceptors (Lipinski definition) is 4. The lowest BCUT2D eigenvalue weighted by Crippen LogP contribution is -2.30. The predicted octanol–water partition coefficient (Wildman–Crippen LogP) is 2.90. The van der Waals surface area contributed by atoms with Crippen molar-refractivity contribution in [1.29, 1.82) is 0 Å². The van der Waals surface area contributed by atoms with Crippen molar-refractivity contribution in [3.05, 3.63) is 42.2 Å². The first-order valence-corrected chi connectivity index (χ1v) is 6.96. The summed E-state index contributed by atoms with van der Waals surface area (Å²) < 4.78 is 1.05. The Kier molecular flexibility index (Phi) is 3.34. The summed E-state index contributed by atoms with van der Waals surface area (Å²) in [7, 11) is 0.